The van der Waals surface area contributed by atoms with Crippen molar-refractivity contribution in [2.24, 2.45) is 0 Å². The first-order valence-corrected chi connectivity index (χ1v) is 8.16. The van der Waals surface area contributed by atoms with Gasteiger partial charge in [0.15, 0.2) is 11.3 Å². The van der Waals surface area contributed by atoms with E-state index in [0.29, 0.717) is 17.0 Å². The average Bonchev–Trinajstić information content (AvgIpc) is 3.23. The highest BCUT2D eigenvalue weighted by molar-refractivity contribution is 6.03. The molecule has 3 aromatic rings. The minimum atomic E-state index is -0.457. The predicted octanol–water partition coefficient (Wildman–Crippen LogP) is 2.42. The normalized spacial score (nSPS) is 14.2. The number of amides is 1. The van der Waals surface area contributed by atoms with Gasteiger partial charge in [-0.05, 0) is 44.0 Å². The van der Waals surface area contributed by atoms with E-state index in [9.17, 15) is 9.18 Å². The summed E-state index contributed by atoms with van der Waals surface area (Å²) in [5.41, 5.74) is 1.53. The molecular weight excluding hydrogens is 323 g/mol. The van der Waals surface area contributed by atoms with Crippen molar-refractivity contribution >= 4 is 23.2 Å². The monoisotopic (exact) mass is 340 g/mol. The maximum atomic E-state index is 13.0. The van der Waals surface area contributed by atoms with E-state index in [-0.39, 0.29) is 11.7 Å². The third kappa shape index (κ3) is 2.90. The topological polar surface area (TPSA) is 75.4 Å². The van der Waals surface area contributed by atoms with E-state index >= 15 is 0 Å². The van der Waals surface area contributed by atoms with Crippen LogP contribution in [0.2, 0.25) is 0 Å². The van der Waals surface area contributed by atoms with Gasteiger partial charge in [-0.15, -0.1) is 5.10 Å². The lowest BCUT2D eigenvalue weighted by atomic mass is 10.3. The molecule has 0 bridgehead atoms. The van der Waals surface area contributed by atoms with Crippen molar-refractivity contribution in [3.05, 3.63) is 47.7 Å². The number of hydrogen-bond donors (Lipinski definition) is 1. The Balaban J connectivity index is 1.69. The molecule has 3 aromatic heterocycles. The summed E-state index contributed by atoms with van der Waals surface area (Å²) in [5, 5.41) is 7.26. The molecule has 0 radical (unpaired) electrons. The number of carbonyl (C=O) groups is 1. The number of imidazole rings is 1. The van der Waals surface area contributed by atoms with Gasteiger partial charge < -0.3 is 10.2 Å². The highest BCUT2D eigenvalue weighted by atomic mass is 19.1. The number of nitrogens with one attached hydrogen (secondary N) is 1. The fourth-order valence-electron chi connectivity index (χ4n) is 3.03. The third-order valence-corrected chi connectivity index (χ3v) is 4.25. The summed E-state index contributed by atoms with van der Waals surface area (Å²) in [7, 11) is 0. The molecule has 1 saturated heterocycles. The smallest absolute Gasteiger partial charge is 0.277 e. The first-order chi connectivity index (χ1) is 12.1. The highest BCUT2D eigenvalue weighted by Crippen LogP contribution is 2.20. The van der Waals surface area contributed by atoms with Gasteiger partial charge >= 0.3 is 0 Å². The molecule has 0 aliphatic carbocycles. The van der Waals surface area contributed by atoms with Gasteiger partial charge in [-0.1, -0.05) is 0 Å². The molecule has 0 unspecified atom stereocenters. The van der Waals surface area contributed by atoms with Crippen LogP contribution in [-0.2, 0) is 0 Å². The molecule has 1 N–H and O–H groups in total. The van der Waals surface area contributed by atoms with Gasteiger partial charge in [0.1, 0.15) is 17.5 Å². The van der Waals surface area contributed by atoms with Crippen LogP contribution in [0.25, 0.3) is 5.65 Å². The number of rotatable bonds is 3. The van der Waals surface area contributed by atoms with Crippen LogP contribution in [0.3, 0.4) is 0 Å². The van der Waals surface area contributed by atoms with Crippen molar-refractivity contribution in [1.82, 2.24) is 19.6 Å². The van der Waals surface area contributed by atoms with Crippen LogP contribution in [0.5, 0.6) is 0 Å². The molecule has 0 aromatic carbocycles. The lowest BCUT2D eigenvalue weighted by Crippen LogP contribution is -2.21. The van der Waals surface area contributed by atoms with Crippen LogP contribution in [-0.4, -0.2) is 38.6 Å². The lowest BCUT2D eigenvalue weighted by Gasteiger charge is -2.16. The zero-order chi connectivity index (χ0) is 17.4. The molecule has 1 fully saturated rings. The molecule has 0 saturated carbocycles. The fraction of sp³-hybridized carbons (Fsp3) is 0.294. The van der Waals surface area contributed by atoms with Crippen LogP contribution in [0.15, 0.2) is 30.5 Å². The first kappa shape index (κ1) is 15.5. The number of halogens is 1. The van der Waals surface area contributed by atoms with Crippen LogP contribution in [0, 0.1) is 12.7 Å². The minimum Gasteiger partial charge on any atom is -0.355 e. The maximum Gasteiger partial charge on any atom is 0.277 e. The Morgan fingerprint density at radius 3 is 2.72 bits per heavy atom. The second-order valence-corrected chi connectivity index (χ2v) is 6.02. The van der Waals surface area contributed by atoms with Crippen molar-refractivity contribution in [2.45, 2.75) is 19.8 Å². The number of fused-ring (bicyclic) bond motifs is 1. The van der Waals surface area contributed by atoms with Crippen LogP contribution < -0.4 is 10.2 Å². The van der Waals surface area contributed by atoms with Gasteiger partial charge in [-0.3, -0.25) is 4.79 Å². The summed E-state index contributed by atoms with van der Waals surface area (Å²) >= 11 is 0. The lowest BCUT2D eigenvalue weighted by molar-refractivity contribution is 0.101. The number of nitrogens with zero attached hydrogens (tertiary/aromatic N) is 5. The summed E-state index contributed by atoms with van der Waals surface area (Å²) in [6.07, 6.45) is 3.35. The number of aromatic nitrogens is 4. The zero-order valence-electron chi connectivity index (χ0n) is 13.7. The molecule has 0 atom stereocenters. The van der Waals surface area contributed by atoms with Gasteiger partial charge in [-0.25, -0.2) is 18.9 Å². The Labute approximate surface area is 143 Å². The van der Waals surface area contributed by atoms with E-state index in [1.807, 2.05) is 12.1 Å². The molecule has 128 valence electrons. The minimum absolute atomic E-state index is 0.274. The van der Waals surface area contributed by atoms with E-state index in [1.54, 1.807) is 11.4 Å². The van der Waals surface area contributed by atoms with E-state index in [0.717, 1.165) is 37.9 Å². The summed E-state index contributed by atoms with van der Waals surface area (Å²) < 4.78 is 14.5. The Bertz CT molecular complexity index is 930. The van der Waals surface area contributed by atoms with Crippen molar-refractivity contribution in [3.8, 4) is 0 Å². The molecule has 8 heteroatoms. The van der Waals surface area contributed by atoms with Crippen LogP contribution >= 0.6 is 0 Å². The summed E-state index contributed by atoms with van der Waals surface area (Å²) in [6.45, 7) is 3.69. The molecule has 1 aliphatic rings. The van der Waals surface area contributed by atoms with E-state index in [1.165, 1.54) is 12.1 Å². The highest BCUT2D eigenvalue weighted by Gasteiger charge is 2.20. The second-order valence-electron chi connectivity index (χ2n) is 6.02. The summed E-state index contributed by atoms with van der Waals surface area (Å²) in [4.78, 5) is 23.1. The second kappa shape index (κ2) is 6.12. The number of carbonyl (C=O) groups excluding carboxylic acids is 1. The van der Waals surface area contributed by atoms with E-state index in [4.69, 9.17) is 0 Å². The van der Waals surface area contributed by atoms with Crippen molar-refractivity contribution in [3.63, 3.8) is 0 Å². The predicted molar refractivity (Wildman–Crippen MR) is 91.3 cm³/mol. The Morgan fingerprint density at radius 1 is 1.20 bits per heavy atom. The van der Waals surface area contributed by atoms with Crippen LogP contribution in [0.4, 0.5) is 16.0 Å². The van der Waals surface area contributed by atoms with Crippen molar-refractivity contribution in [1.29, 1.82) is 0 Å². The SMILES string of the molecule is Cc1nc2ccc(N3CCCC3)nn2c1C(=O)Nc1ccc(F)cn1. The average molecular weight is 340 g/mol. The van der Waals surface area contributed by atoms with E-state index < -0.39 is 5.82 Å². The number of aryl methyl sites for hydroxylation is 1. The molecule has 4 heterocycles. The molecule has 25 heavy (non-hydrogen) atoms. The first-order valence-electron chi connectivity index (χ1n) is 8.16. The quantitative estimate of drug-likeness (QED) is 0.792. The molecule has 1 amide bonds. The molecular formula is C17H17FN6O. The molecule has 1 aliphatic heterocycles. The molecule has 4 rings (SSSR count). The van der Waals surface area contributed by atoms with Gasteiger partial charge in [0, 0.05) is 13.1 Å². The maximum absolute atomic E-state index is 13.0. The summed E-state index contributed by atoms with van der Waals surface area (Å²) in [5.74, 6) is 0.267. The standard InChI is InChI=1S/C17H17FN6O/c1-11-16(17(25)21-13-5-4-12(18)10-19-13)24-14(20-11)6-7-15(22-24)23-8-2-3-9-23/h4-7,10H,2-3,8-9H2,1H3,(H,19,21,25). The third-order valence-electron chi connectivity index (χ3n) is 4.25. The van der Waals surface area contributed by atoms with Gasteiger partial charge in [0.25, 0.3) is 5.91 Å². The van der Waals surface area contributed by atoms with Crippen molar-refractivity contribution < 1.29 is 9.18 Å². The van der Waals surface area contributed by atoms with Gasteiger partial charge in [0.2, 0.25) is 0 Å². The van der Waals surface area contributed by atoms with Crippen molar-refractivity contribution in [2.75, 3.05) is 23.3 Å². The Kier molecular flexibility index (Phi) is 3.79. The molecule has 0 spiro atoms. The number of anilines is 2. The summed E-state index contributed by atoms with van der Waals surface area (Å²) in [6, 6.07) is 6.44. The molecule has 7 nitrogen and oxygen atoms in total. The largest absolute Gasteiger partial charge is 0.355 e. The zero-order valence-corrected chi connectivity index (χ0v) is 13.7. The number of hydrogen-bond acceptors (Lipinski definition) is 5. The number of pyridine rings is 1. The Morgan fingerprint density at radius 2 is 2.00 bits per heavy atom. The van der Waals surface area contributed by atoms with E-state index in [2.05, 4.69) is 25.3 Å². The fourth-order valence-corrected chi connectivity index (χ4v) is 3.03. The Hall–Kier alpha value is -3.03. The van der Waals surface area contributed by atoms with Gasteiger partial charge in [-0.2, -0.15) is 0 Å². The van der Waals surface area contributed by atoms with Crippen LogP contribution in [0.1, 0.15) is 29.0 Å². The van der Waals surface area contributed by atoms with Gasteiger partial charge in [0.05, 0.1) is 11.9 Å².